The smallest absolute Gasteiger partial charge is 0.254 e. The normalized spacial score (nSPS) is 10.5. The minimum absolute atomic E-state index is 0.0982. The van der Waals surface area contributed by atoms with Crippen molar-refractivity contribution in [3.63, 3.8) is 0 Å². The monoisotopic (exact) mass is 346 g/mol. The van der Waals surface area contributed by atoms with Gasteiger partial charge in [0.05, 0.1) is 24.8 Å². The van der Waals surface area contributed by atoms with Crippen molar-refractivity contribution in [3.8, 4) is 28.7 Å². The van der Waals surface area contributed by atoms with Gasteiger partial charge < -0.3 is 18.6 Å². The molecule has 0 aliphatic carbocycles. The third-order valence-electron chi connectivity index (χ3n) is 3.29. The quantitative estimate of drug-likeness (QED) is 0.672. The Morgan fingerprint density at radius 2 is 1.75 bits per heavy atom. The Labute approximate surface area is 143 Å². The minimum atomic E-state index is 0.0982. The number of aromatic nitrogens is 2. The molecule has 3 rings (SSSR count). The molecule has 6 nitrogen and oxygen atoms in total. The first kappa shape index (κ1) is 16.1. The number of para-hydroxylation sites is 1. The van der Waals surface area contributed by atoms with Crippen molar-refractivity contribution in [3.05, 3.63) is 53.4 Å². The van der Waals surface area contributed by atoms with Gasteiger partial charge in [0.25, 0.3) is 5.89 Å². The molecule has 0 bridgehead atoms. The number of nitrogens with zero attached hydrogens (tertiary/aromatic N) is 2. The van der Waals surface area contributed by atoms with Gasteiger partial charge in [-0.15, -0.1) is 10.2 Å². The summed E-state index contributed by atoms with van der Waals surface area (Å²) < 4.78 is 21.8. The van der Waals surface area contributed by atoms with E-state index in [1.165, 1.54) is 0 Å². The van der Waals surface area contributed by atoms with Crippen molar-refractivity contribution < 1.29 is 18.6 Å². The highest BCUT2D eigenvalue weighted by Crippen LogP contribution is 2.37. The Balaban J connectivity index is 1.76. The molecule has 0 fully saturated rings. The number of ether oxygens (including phenoxy) is 3. The fraction of sp³-hybridized carbons (Fsp3) is 0.176. The van der Waals surface area contributed by atoms with E-state index in [2.05, 4.69) is 10.2 Å². The Bertz CT molecular complexity index is 835. The molecule has 7 heteroatoms. The maximum absolute atomic E-state index is 6.12. The molecule has 1 heterocycles. The Morgan fingerprint density at radius 1 is 0.958 bits per heavy atom. The van der Waals surface area contributed by atoms with Crippen LogP contribution in [-0.2, 0) is 6.61 Å². The van der Waals surface area contributed by atoms with Crippen molar-refractivity contribution in [2.45, 2.75) is 6.61 Å². The Kier molecular flexibility index (Phi) is 4.86. The molecule has 0 aliphatic heterocycles. The summed E-state index contributed by atoms with van der Waals surface area (Å²) in [7, 11) is 3.11. The summed E-state index contributed by atoms with van der Waals surface area (Å²) in [5, 5.41) is 8.52. The summed E-state index contributed by atoms with van der Waals surface area (Å²) in [5.41, 5.74) is 0.678. The lowest BCUT2D eigenvalue weighted by atomic mass is 10.2. The zero-order valence-electron chi connectivity index (χ0n) is 13.2. The van der Waals surface area contributed by atoms with E-state index in [9.17, 15) is 0 Å². The van der Waals surface area contributed by atoms with Gasteiger partial charge in [0.2, 0.25) is 11.6 Å². The average molecular weight is 347 g/mol. The lowest BCUT2D eigenvalue weighted by Crippen LogP contribution is -1.99. The average Bonchev–Trinajstić information content (AvgIpc) is 3.08. The molecule has 0 radical (unpaired) electrons. The molecule has 0 saturated carbocycles. The predicted molar refractivity (Wildman–Crippen MR) is 88.6 cm³/mol. The molecule has 0 aliphatic rings. The second kappa shape index (κ2) is 7.23. The highest BCUT2D eigenvalue weighted by Gasteiger charge is 2.14. The van der Waals surface area contributed by atoms with Crippen LogP contribution >= 0.6 is 11.6 Å². The molecule has 124 valence electrons. The third-order valence-corrected chi connectivity index (χ3v) is 3.62. The molecule has 0 N–H and O–H groups in total. The van der Waals surface area contributed by atoms with Crippen LogP contribution in [0.15, 0.2) is 46.9 Å². The number of hydrogen-bond acceptors (Lipinski definition) is 6. The lowest BCUT2D eigenvalue weighted by molar-refractivity contribution is 0.246. The molecule has 1 aromatic heterocycles. The summed E-state index contributed by atoms with van der Waals surface area (Å²) in [5.74, 6) is 2.28. The van der Waals surface area contributed by atoms with Crippen molar-refractivity contribution in [2.75, 3.05) is 14.2 Å². The highest BCUT2D eigenvalue weighted by atomic mass is 35.5. The van der Waals surface area contributed by atoms with E-state index in [0.717, 1.165) is 0 Å². The first-order chi connectivity index (χ1) is 11.7. The van der Waals surface area contributed by atoms with Crippen LogP contribution in [0.1, 0.15) is 5.89 Å². The van der Waals surface area contributed by atoms with Gasteiger partial charge in [-0.3, -0.25) is 0 Å². The predicted octanol–water partition coefficient (Wildman–Crippen LogP) is 3.99. The number of benzene rings is 2. The summed E-state index contributed by atoms with van der Waals surface area (Å²) in [6.45, 7) is 0.0982. The maximum Gasteiger partial charge on any atom is 0.254 e. The number of methoxy groups -OCH3 is 2. The van der Waals surface area contributed by atoms with Gasteiger partial charge in [-0.25, -0.2) is 0 Å². The standard InChI is InChI=1S/C17H15ClN2O4/c1-21-13-8-5-9-14(16(13)22-2)23-10-15-19-20-17(24-15)11-6-3-4-7-12(11)18/h3-9H,10H2,1-2H3. The Morgan fingerprint density at radius 3 is 2.50 bits per heavy atom. The maximum atomic E-state index is 6.12. The zero-order chi connectivity index (χ0) is 16.9. The van der Waals surface area contributed by atoms with Crippen LogP contribution in [0.4, 0.5) is 0 Å². The molecular formula is C17H15ClN2O4. The topological polar surface area (TPSA) is 66.6 Å². The molecule has 0 saturated heterocycles. The summed E-state index contributed by atoms with van der Waals surface area (Å²) in [6, 6.07) is 12.6. The van der Waals surface area contributed by atoms with E-state index in [-0.39, 0.29) is 6.61 Å². The Hall–Kier alpha value is -2.73. The van der Waals surface area contributed by atoms with Crippen molar-refractivity contribution in [1.82, 2.24) is 10.2 Å². The van der Waals surface area contributed by atoms with Crippen molar-refractivity contribution in [2.24, 2.45) is 0 Å². The van der Waals surface area contributed by atoms with Gasteiger partial charge in [-0.2, -0.15) is 0 Å². The minimum Gasteiger partial charge on any atom is -0.493 e. The van der Waals surface area contributed by atoms with Crippen LogP contribution in [0.25, 0.3) is 11.5 Å². The molecule has 0 unspecified atom stereocenters. The zero-order valence-corrected chi connectivity index (χ0v) is 13.9. The van der Waals surface area contributed by atoms with Gasteiger partial charge in [-0.05, 0) is 24.3 Å². The van der Waals surface area contributed by atoms with Crippen LogP contribution in [0, 0.1) is 0 Å². The first-order valence-electron chi connectivity index (χ1n) is 7.14. The second-order valence-corrected chi connectivity index (χ2v) is 5.17. The molecule has 3 aromatic rings. The van der Waals surface area contributed by atoms with E-state index < -0.39 is 0 Å². The van der Waals surface area contributed by atoms with E-state index in [0.29, 0.717) is 39.6 Å². The summed E-state index contributed by atoms with van der Waals surface area (Å²) >= 11 is 6.12. The first-order valence-corrected chi connectivity index (χ1v) is 7.51. The van der Waals surface area contributed by atoms with E-state index in [1.54, 1.807) is 38.5 Å². The molecule has 2 aromatic carbocycles. The number of rotatable bonds is 6. The molecule has 24 heavy (non-hydrogen) atoms. The van der Waals surface area contributed by atoms with Gasteiger partial charge in [-0.1, -0.05) is 29.8 Å². The van der Waals surface area contributed by atoms with Crippen LogP contribution in [0.2, 0.25) is 5.02 Å². The van der Waals surface area contributed by atoms with Gasteiger partial charge in [0.15, 0.2) is 18.1 Å². The van der Waals surface area contributed by atoms with Crippen molar-refractivity contribution >= 4 is 11.6 Å². The van der Waals surface area contributed by atoms with Gasteiger partial charge in [0.1, 0.15) is 0 Å². The highest BCUT2D eigenvalue weighted by molar-refractivity contribution is 6.33. The van der Waals surface area contributed by atoms with Crippen LogP contribution < -0.4 is 14.2 Å². The molecular weight excluding hydrogens is 332 g/mol. The van der Waals surface area contributed by atoms with E-state index >= 15 is 0 Å². The van der Waals surface area contributed by atoms with Crippen molar-refractivity contribution in [1.29, 1.82) is 0 Å². The fourth-order valence-corrected chi connectivity index (χ4v) is 2.38. The molecule has 0 spiro atoms. The van der Waals surface area contributed by atoms with Gasteiger partial charge in [0, 0.05) is 0 Å². The molecule has 0 atom stereocenters. The second-order valence-electron chi connectivity index (χ2n) is 4.76. The van der Waals surface area contributed by atoms with Gasteiger partial charge >= 0.3 is 0 Å². The summed E-state index contributed by atoms with van der Waals surface area (Å²) in [4.78, 5) is 0. The number of halogens is 1. The third kappa shape index (κ3) is 3.28. The molecule has 0 amide bonds. The lowest BCUT2D eigenvalue weighted by Gasteiger charge is -2.12. The van der Waals surface area contributed by atoms with E-state index in [4.69, 9.17) is 30.2 Å². The SMILES string of the molecule is COc1cccc(OCc2nnc(-c3ccccc3Cl)o2)c1OC. The largest absolute Gasteiger partial charge is 0.493 e. The van der Waals surface area contributed by atoms with Crippen LogP contribution in [0.5, 0.6) is 17.2 Å². The van der Waals surface area contributed by atoms with E-state index in [1.807, 2.05) is 18.2 Å². The number of hydrogen-bond donors (Lipinski definition) is 0. The summed E-state index contributed by atoms with van der Waals surface area (Å²) in [6.07, 6.45) is 0. The van der Waals surface area contributed by atoms with Crippen LogP contribution in [-0.4, -0.2) is 24.4 Å². The van der Waals surface area contributed by atoms with Crippen LogP contribution in [0.3, 0.4) is 0 Å². The fourth-order valence-electron chi connectivity index (χ4n) is 2.17.